The van der Waals surface area contributed by atoms with Gasteiger partial charge in [-0.2, -0.15) is 0 Å². The Bertz CT molecular complexity index is 659. The predicted octanol–water partition coefficient (Wildman–Crippen LogP) is 3.10. The first-order valence-electron chi connectivity index (χ1n) is 9.23. The number of carbonyl (C=O) groups excluding carboxylic acids is 2. The first-order valence-corrected chi connectivity index (χ1v) is 9.23. The topological polar surface area (TPSA) is 93.7 Å². The smallest absolute Gasteiger partial charge is 0.410 e. The minimum absolute atomic E-state index is 0.231. The summed E-state index contributed by atoms with van der Waals surface area (Å²) in [6.45, 7) is 11.1. The third kappa shape index (κ3) is 5.30. The van der Waals surface area contributed by atoms with Crippen molar-refractivity contribution in [1.82, 2.24) is 14.9 Å². The highest BCUT2D eigenvalue weighted by atomic mass is 16.6. The molecule has 0 radical (unpaired) electrons. The maximum Gasteiger partial charge on any atom is 0.410 e. The Balaban J connectivity index is 2.05. The van der Waals surface area contributed by atoms with Gasteiger partial charge in [0, 0.05) is 31.0 Å². The molecule has 27 heavy (non-hydrogen) atoms. The molecule has 1 fully saturated rings. The van der Waals surface area contributed by atoms with E-state index < -0.39 is 11.6 Å². The summed E-state index contributed by atoms with van der Waals surface area (Å²) in [5.41, 5.74) is -0.427. The van der Waals surface area contributed by atoms with Gasteiger partial charge in [-0.05, 0) is 39.5 Å². The van der Waals surface area contributed by atoms with Crippen molar-refractivity contribution in [2.75, 3.05) is 25.5 Å². The number of piperidine rings is 1. The van der Waals surface area contributed by atoms with Crippen LogP contribution in [-0.2, 0) is 9.47 Å². The van der Waals surface area contributed by atoms with Gasteiger partial charge in [-0.1, -0.05) is 13.8 Å². The lowest BCUT2D eigenvalue weighted by molar-refractivity contribution is 0.0156. The third-order valence-electron chi connectivity index (χ3n) is 4.85. The van der Waals surface area contributed by atoms with Crippen LogP contribution in [0, 0.1) is 5.92 Å². The summed E-state index contributed by atoms with van der Waals surface area (Å²) in [6, 6.07) is 0. The number of nitrogens with one attached hydrogen (secondary N) is 1. The molecule has 2 heterocycles. The summed E-state index contributed by atoms with van der Waals surface area (Å²) < 4.78 is 10.1. The molecule has 0 saturated carbocycles. The molecule has 0 aromatic carbocycles. The Labute approximate surface area is 160 Å². The van der Waals surface area contributed by atoms with Crippen LogP contribution in [0.5, 0.6) is 0 Å². The minimum Gasteiger partial charge on any atom is -0.465 e. The molecule has 8 nitrogen and oxygen atoms in total. The highest BCUT2D eigenvalue weighted by molar-refractivity contribution is 5.88. The van der Waals surface area contributed by atoms with Crippen LogP contribution in [0.3, 0.4) is 0 Å². The zero-order valence-corrected chi connectivity index (χ0v) is 17.0. The van der Waals surface area contributed by atoms with Crippen LogP contribution in [0.2, 0.25) is 0 Å². The fourth-order valence-electron chi connectivity index (χ4n) is 3.10. The van der Waals surface area contributed by atoms with Crippen LogP contribution in [-0.4, -0.2) is 58.3 Å². The van der Waals surface area contributed by atoms with E-state index in [1.54, 1.807) is 4.90 Å². The van der Waals surface area contributed by atoms with E-state index in [1.165, 1.54) is 19.5 Å². The van der Waals surface area contributed by atoms with Crippen LogP contribution >= 0.6 is 0 Å². The number of methoxy groups -OCH3 is 1. The molecule has 0 spiro atoms. The van der Waals surface area contributed by atoms with Crippen LogP contribution < -0.4 is 5.32 Å². The van der Waals surface area contributed by atoms with Gasteiger partial charge in [0.05, 0.1) is 12.7 Å². The molecule has 8 heteroatoms. The summed E-state index contributed by atoms with van der Waals surface area (Å²) in [6.07, 6.45) is 4.13. The van der Waals surface area contributed by atoms with Gasteiger partial charge in [-0.3, -0.25) is 0 Å². The zero-order chi connectivity index (χ0) is 20.2. The lowest BCUT2D eigenvalue weighted by atomic mass is 9.78. The second-order valence-corrected chi connectivity index (χ2v) is 8.19. The van der Waals surface area contributed by atoms with Gasteiger partial charge < -0.3 is 19.7 Å². The Morgan fingerprint density at radius 1 is 1.19 bits per heavy atom. The number of ether oxygens (including phenoxy) is 2. The normalized spacial score (nSPS) is 16.8. The van der Waals surface area contributed by atoms with Gasteiger partial charge in [0.1, 0.15) is 5.60 Å². The second kappa shape index (κ2) is 8.10. The average molecular weight is 378 g/mol. The molecule has 1 aliphatic heterocycles. The van der Waals surface area contributed by atoms with Crippen molar-refractivity contribution in [1.29, 1.82) is 0 Å². The van der Waals surface area contributed by atoms with Crippen molar-refractivity contribution in [3.8, 4) is 0 Å². The summed E-state index contributed by atoms with van der Waals surface area (Å²) >= 11 is 0. The predicted molar refractivity (Wildman–Crippen MR) is 102 cm³/mol. The number of esters is 1. The van der Waals surface area contributed by atoms with Crippen molar-refractivity contribution < 1.29 is 19.1 Å². The van der Waals surface area contributed by atoms with Gasteiger partial charge in [-0.15, -0.1) is 0 Å². The molecule has 2 rings (SSSR count). The maximum atomic E-state index is 12.3. The molecule has 0 atom stereocenters. The van der Waals surface area contributed by atoms with Crippen molar-refractivity contribution in [3.63, 3.8) is 0 Å². The molecular formula is C19H30N4O4. The summed E-state index contributed by atoms with van der Waals surface area (Å²) in [5.74, 6) is 0.301. The van der Waals surface area contributed by atoms with E-state index in [2.05, 4.69) is 33.9 Å². The molecule has 1 saturated heterocycles. The third-order valence-corrected chi connectivity index (χ3v) is 4.85. The number of nitrogens with zero attached hydrogens (tertiary/aromatic N) is 3. The van der Waals surface area contributed by atoms with Crippen LogP contribution in [0.4, 0.5) is 10.7 Å². The van der Waals surface area contributed by atoms with Crippen molar-refractivity contribution in [3.05, 3.63) is 18.0 Å². The number of rotatable bonds is 4. The molecule has 150 valence electrons. The minimum atomic E-state index is -0.503. The summed E-state index contributed by atoms with van der Waals surface area (Å²) in [4.78, 5) is 34.0. The van der Waals surface area contributed by atoms with Crippen molar-refractivity contribution >= 4 is 18.0 Å². The Hall–Kier alpha value is -2.38. The Morgan fingerprint density at radius 3 is 2.19 bits per heavy atom. The lowest BCUT2D eigenvalue weighted by Crippen LogP contribution is -2.54. The summed E-state index contributed by atoms with van der Waals surface area (Å²) in [7, 11) is 1.32. The first kappa shape index (κ1) is 20.9. The standard InChI is InChI=1S/C19H30N4O4/c1-13(2)19(22-16-20-11-14(12-21-16)15(24)26-6)7-9-23(10-8-19)17(25)27-18(3,4)5/h11-13H,7-10H2,1-6H3,(H,20,21,22). The van der Waals surface area contributed by atoms with Gasteiger partial charge in [0.15, 0.2) is 0 Å². The van der Waals surface area contributed by atoms with E-state index in [4.69, 9.17) is 4.74 Å². The van der Waals surface area contributed by atoms with Crippen LogP contribution in [0.15, 0.2) is 12.4 Å². The Kier molecular flexibility index (Phi) is 6.28. The SMILES string of the molecule is COC(=O)c1cnc(NC2(C(C)C)CCN(C(=O)OC(C)(C)C)CC2)nc1. The fraction of sp³-hybridized carbons (Fsp3) is 0.684. The number of hydrogen-bond acceptors (Lipinski definition) is 7. The van der Waals surface area contributed by atoms with E-state index in [0.717, 1.165) is 12.8 Å². The molecule has 0 bridgehead atoms. The largest absolute Gasteiger partial charge is 0.465 e. The summed E-state index contributed by atoms with van der Waals surface area (Å²) in [5, 5.41) is 3.43. The van der Waals surface area contributed by atoms with E-state index in [0.29, 0.717) is 30.5 Å². The van der Waals surface area contributed by atoms with Gasteiger partial charge >= 0.3 is 12.1 Å². The molecule has 1 aliphatic rings. The number of likely N-dealkylation sites (tertiary alicyclic amines) is 1. The average Bonchev–Trinajstić information content (AvgIpc) is 2.60. The Morgan fingerprint density at radius 2 is 1.74 bits per heavy atom. The highest BCUT2D eigenvalue weighted by Crippen LogP contribution is 2.33. The molecule has 1 amide bonds. The van der Waals surface area contributed by atoms with Crippen molar-refractivity contribution in [2.45, 2.75) is 58.6 Å². The molecular weight excluding hydrogens is 348 g/mol. The number of amides is 1. The maximum absolute atomic E-state index is 12.3. The van der Waals surface area contributed by atoms with Crippen molar-refractivity contribution in [2.24, 2.45) is 5.92 Å². The molecule has 0 aliphatic carbocycles. The monoisotopic (exact) mass is 378 g/mol. The van der Waals surface area contributed by atoms with E-state index >= 15 is 0 Å². The molecule has 0 unspecified atom stereocenters. The van der Waals surface area contributed by atoms with Crippen LogP contribution in [0.25, 0.3) is 0 Å². The van der Waals surface area contributed by atoms with Crippen LogP contribution in [0.1, 0.15) is 57.8 Å². The fourth-order valence-corrected chi connectivity index (χ4v) is 3.10. The van der Waals surface area contributed by atoms with E-state index in [9.17, 15) is 9.59 Å². The van der Waals surface area contributed by atoms with Gasteiger partial charge in [-0.25, -0.2) is 19.6 Å². The number of carbonyl (C=O) groups is 2. The van der Waals surface area contributed by atoms with Gasteiger partial charge in [0.25, 0.3) is 0 Å². The molecule has 1 aromatic heterocycles. The molecule has 1 N–H and O–H groups in total. The zero-order valence-electron chi connectivity index (χ0n) is 17.0. The van der Waals surface area contributed by atoms with E-state index in [-0.39, 0.29) is 11.6 Å². The number of aromatic nitrogens is 2. The lowest BCUT2D eigenvalue weighted by Gasteiger charge is -2.45. The number of anilines is 1. The first-order chi connectivity index (χ1) is 12.6. The quantitative estimate of drug-likeness (QED) is 0.805. The van der Waals surface area contributed by atoms with Gasteiger partial charge in [0.2, 0.25) is 5.95 Å². The highest BCUT2D eigenvalue weighted by Gasteiger charge is 2.40. The second-order valence-electron chi connectivity index (χ2n) is 8.19. The number of hydrogen-bond donors (Lipinski definition) is 1. The van der Waals surface area contributed by atoms with E-state index in [1.807, 2.05) is 20.8 Å². The molecule has 1 aromatic rings.